The lowest BCUT2D eigenvalue weighted by Gasteiger charge is -2.27. The Morgan fingerprint density at radius 3 is 2.40 bits per heavy atom. The fourth-order valence-electron chi connectivity index (χ4n) is 2.85. The molecule has 0 bridgehead atoms. The summed E-state index contributed by atoms with van der Waals surface area (Å²) in [6, 6.07) is 6.58. The summed E-state index contributed by atoms with van der Waals surface area (Å²) in [5.74, 6) is 1.57. The summed E-state index contributed by atoms with van der Waals surface area (Å²) in [4.78, 5) is 0. The Morgan fingerprint density at radius 1 is 1.30 bits per heavy atom. The molecular weight excluding hydrogens is 314 g/mol. The monoisotopic (exact) mass is 341 g/mol. The normalized spacial score (nSPS) is 14.9. The minimum Gasteiger partial charge on any atom is -0.497 e. The molecule has 2 unspecified atom stereocenters. The summed E-state index contributed by atoms with van der Waals surface area (Å²) in [6.45, 7) is 9.26. The van der Waals surface area contributed by atoms with Gasteiger partial charge in [-0.25, -0.2) is 0 Å². The molecule has 0 saturated heterocycles. The van der Waals surface area contributed by atoms with Crippen LogP contribution in [0, 0.1) is 11.3 Å². The van der Waals surface area contributed by atoms with Gasteiger partial charge in [-0.3, -0.25) is 0 Å². The topological polar surface area (TPSA) is 21.3 Å². The van der Waals surface area contributed by atoms with Gasteiger partial charge in [-0.15, -0.1) is 0 Å². The van der Waals surface area contributed by atoms with E-state index in [0.717, 1.165) is 16.6 Å². The standard InChI is InChI=1S/C17H28BrNO/c1-12(11-17(2,3)4)9-16(19-5)14-8-7-13(20-6)10-15(14)18/h7-8,10,12,16,19H,9,11H2,1-6H3. The first-order valence-electron chi connectivity index (χ1n) is 7.27. The van der Waals surface area contributed by atoms with Crippen molar-refractivity contribution in [1.82, 2.24) is 5.32 Å². The third-order valence-corrected chi connectivity index (χ3v) is 4.22. The Bertz CT molecular complexity index is 425. The van der Waals surface area contributed by atoms with Crippen molar-refractivity contribution in [3.8, 4) is 5.75 Å². The maximum Gasteiger partial charge on any atom is 0.120 e. The Hall–Kier alpha value is -0.540. The maximum absolute atomic E-state index is 5.26. The molecule has 0 fully saturated rings. The molecule has 0 saturated carbocycles. The van der Waals surface area contributed by atoms with Crippen LogP contribution in [-0.4, -0.2) is 14.2 Å². The Balaban J connectivity index is 2.80. The zero-order valence-corrected chi connectivity index (χ0v) is 15.2. The highest BCUT2D eigenvalue weighted by Gasteiger charge is 2.20. The summed E-state index contributed by atoms with van der Waals surface area (Å²) >= 11 is 3.66. The number of hydrogen-bond donors (Lipinski definition) is 1. The molecule has 1 aromatic carbocycles. The largest absolute Gasteiger partial charge is 0.497 e. The average Bonchev–Trinajstić information content (AvgIpc) is 2.34. The molecule has 20 heavy (non-hydrogen) atoms. The molecule has 2 atom stereocenters. The summed E-state index contributed by atoms with van der Waals surface area (Å²) in [7, 11) is 3.73. The van der Waals surface area contributed by atoms with Gasteiger partial charge < -0.3 is 10.1 Å². The molecular formula is C17H28BrNO. The van der Waals surface area contributed by atoms with Gasteiger partial charge >= 0.3 is 0 Å². The van der Waals surface area contributed by atoms with Crippen LogP contribution < -0.4 is 10.1 Å². The molecule has 2 nitrogen and oxygen atoms in total. The maximum atomic E-state index is 5.26. The molecule has 1 rings (SSSR count). The SMILES string of the molecule is CNC(CC(C)CC(C)(C)C)c1ccc(OC)cc1Br. The lowest BCUT2D eigenvalue weighted by Crippen LogP contribution is -2.21. The minimum absolute atomic E-state index is 0.368. The first-order valence-corrected chi connectivity index (χ1v) is 8.07. The molecule has 0 aliphatic carbocycles. The van der Waals surface area contributed by atoms with Crippen molar-refractivity contribution < 1.29 is 4.74 Å². The van der Waals surface area contributed by atoms with Crippen LogP contribution >= 0.6 is 15.9 Å². The van der Waals surface area contributed by atoms with E-state index < -0.39 is 0 Å². The van der Waals surface area contributed by atoms with Crippen LogP contribution in [-0.2, 0) is 0 Å². The minimum atomic E-state index is 0.368. The van der Waals surface area contributed by atoms with Crippen molar-refractivity contribution in [2.45, 2.75) is 46.6 Å². The third kappa shape index (κ3) is 5.45. The van der Waals surface area contributed by atoms with Crippen molar-refractivity contribution in [2.75, 3.05) is 14.2 Å². The molecule has 3 heteroatoms. The smallest absolute Gasteiger partial charge is 0.120 e. The predicted molar refractivity (Wildman–Crippen MR) is 90.3 cm³/mol. The highest BCUT2D eigenvalue weighted by atomic mass is 79.9. The number of ether oxygens (including phenoxy) is 1. The first-order chi connectivity index (χ1) is 9.26. The number of halogens is 1. The Kier molecular flexibility index (Phi) is 6.53. The lowest BCUT2D eigenvalue weighted by molar-refractivity contribution is 0.278. The average molecular weight is 342 g/mol. The Labute approximate surface area is 132 Å². The second-order valence-corrected chi connectivity index (χ2v) is 7.69. The Morgan fingerprint density at radius 2 is 1.95 bits per heavy atom. The summed E-state index contributed by atoms with van der Waals surface area (Å²) in [6.07, 6.45) is 2.37. The molecule has 0 aliphatic heterocycles. The van der Waals surface area contributed by atoms with E-state index in [0.29, 0.717) is 17.4 Å². The van der Waals surface area contributed by atoms with Crippen molar-refractivity contribution >= 4 is 15.9 Å². The van der Waals surface area contributed by atoms with E-state index in [1.807, 2.05) is 19.2 Å². The molecule has 0 spiro atoms. The second kappa shape index (κ2) is 7.46. The number of nitrogens with one attached hydrogen (secondary N) is 1. The van der Waals surface area contributed by atoms with Crippen molar-refractivity contribution in [2.24, 2.45) is 11.3 Å². The van der Waals surface area contributed by atoms with Crippen LogP contribution in [0.1, 0.15) is 52.1 Å². The number of hydrogen-bond acceptors (Lipinski definition) is 2. The third-order valence-electron chi connectivity index (χ3n) is 3.53. The predicted octanol–water partition coefficient (Wildman–Crippen LogP) is 5.18. The van der Waals surface area contributed by atoms with Crippen LogP contribution in [0.5, 0.6) is 5.75 Å². The van der Waals surface area contributed by atoms with Crippen LogP contribution in [0.3, 0.4) is 0 Å². The quantitative estimate of drug-likeness (QED) is 0.769. The summed E-state index contributed by atoms with van der Waals surface area (Å²) < 4.78 is 6.37. The van der Waals surface area contributed by atoms with E-state index in [1.165, 1.54) is 12.0 Å². The molecule has 0 aromatic heterocycles. The zero-order chi connectivity index (χ0) is 15.3. The van der Waals surface area contributed by atoms with Gasteiger partial charge in [-0.2, -0.15) is 0 Å². The number of benzene rings is 1. The van der Waals surface area contributed by atoms with Gasteiger partial charge in [0.1, 0.15) is 5.75 Å². The zero-order valence-electron chi connectivity index (χ0n) is 13.6. The van der Waals surface area contributed by atoms with Crippen LogP contribution in [0.15, 0.2) is 22.7 Å². The van der Waals surface area contributed by atoms with Crippen LogP contribution in [0.2, 0.25) is 0 Å². The number of methoxy groups -OCH3 is 1. The molecule has 0 aliphatic rings. The van der Waals surface area contributed by atoms with Gasteiger partial charge in [-0.05, 0) is 48.9 Å². The molecule has 114 valence electrons. The van der Waals surface area contributed by atoms with E-state index in [2.05, 4.69) is 55.0 Å². The first kappa shape index (κ1) is 17.5. The van der Waals surface area contributed by atoms with Crippen LogP contribution in [0.25, 0.3) is 0 Å². The van der Waals surface area contributed by atoms with Crippen molar-refractivity contribution in [1.29, 1.82) is 0 Å². The highest BCUT2D eigenvalue weighted by Crippen LogP contribution is 2.34. The number of rotatable bonds is 6. The van der Waals surface area contributed by atoms with E-state index in [9.17, 15) is 0 Å². The van der Waals surface area contributed by atoms with E-state index in [-0.39, 0.29) is 0 Å². The van der Waals surface area contributed by atoms with Crippen molar-refractivity contribution in [3.63, 3.8) is 0 Å². The van der Waals surface area contributed by atoms with Gasteiger partial charge in [0.25, 0.3) is 0 Å². The van der Waals surface area contributed by atoms with E-state index in [4.69, 9.17) is 4.74 Å². The van der Waals surface area contributed by atoms with E-state index in [1.54, 1.807) is 7.11 Å². The molecule has 1 N–H and O–H groups in total. The van der Waals surface area contributed by atoms with Crippen molar-refractivity contribution in [3.05, 3.63) is 28.2 Å². The van der Waals surface area contributed by atoms with Gasteiger partial charge in [0.2, 0.25) is 0 Å². The van der Waals surface area contributed by atoms with E-state index >= 15 is 0 Å². The second-order valence-electron chi connectivity index (χ2n) is 6.83. The summed E-state index contributed by atoms with van der Waals surface area (Å²) in [5, 5.41) is 3.44. The van der Waals surface area contributed by atoms with Gasteiger partial charge in [-0.1, -0.05) is 49.7 Å². The molecule has 0 heterocycles. The molecule has 1 aromatic rings. The fraction of sp³-hybridized carbons (Fsp3) is 0.647. The van der Waals surface area contributed by atoms with Gasteiger partial charge in [0, 0.05) is 10.5 Å². The molecule has 0 amide bonds. The highest BCUT2D eigenvalue weighted by molar-refractivity contribution is 9.10. The van der Waals surface area contributed by atoms with Gasteiger partial charge in [0.15, 0.2) is 0 Å². The van der Waals surface area contributed by atoms with Crippen LogP contribution in [0.4, 0.5) is 0 Å². The fourth-order valence-corrected chi connectivity index (χ4v) is 3.48. The summed E-state index contributed by atoms with van der Waals surface area (Å²) in [5.41, 5.74) is 1.68. The van der Waals surface area contributed by atoms with Gasteiger partial charge in [0.05, 0.1) is 7.11 Å². The lowest BCUT2D eigenvalue weighted by atomic mass is 9.82. The molecule has 0 radical (unpaired) electrons.